The molecule has 0 radical (unpaired) electrons. The van der Waals surface area contributed by atoms with Crippen LogP contribution in [0, 0.1) is 11.3 Å². The summed E-state index contributed by atoms with van der Waals surface area (Å²) in [7, 11) is 0. The Kier molecular flexibility index (Phi) is 5.69. The fraction of sp³-hybridized carbons (Fsp3) is 0.222. The van der Waals surface area contributed by atoms with E-state index in [0.29, 0.717) is 18.7 Å². The summed E-state index contributed by atoms with van der Waals surface area (Å²) in [4.78, 5) is 0. The second-order valence-corrected chi connectivity index (χ2v) is 2.37. The summed E-state index contributed by atoms with van der Waals surface area (Å²) in [6.07, 6.45) is 0. The minimum absolute atomic E-state index is 0. The Morgan fingerprint density at radius 3 is 2.69 bits per heavy atom. The molecular formula is C9H12ClN3. The van der Waals surface area contributed by atoms with Crippen molar-refractivity contribution < 1.29 is 0 Å². The molecule has 0 aliphatic rings. The minimum Gasteiger partial charge on any atom is -0.383 e. The van der Waals surface area contributed by atoms with Crippen molar-refractivity contribution >= 4 is 18.1 Å². The molecule has 3 nitrogen and oxygen atoms in total. The molecule has 0 spiro atoms. The maximum Gasteiger partial charge on any atom is 0.101 e. The Hall–Kier alpha value is -1.24. The molecule has 4 heteroatoms. The highest BCUT2D eigenvalue weighted by atomic mass is 35.5. The third kappa shape index (κ3) is 3.32. The van der Waals surface area contributed by atoms with E-state index in [0.717, 1.165) is 5.69 Å². The molecule has 1 aromatic carbocycles. The topological polar surface area (TPSA) is 61.8 Å². The van der Waals surface area contributed by atoms with Gasteiger partial charge in [0.25, 0.3) is 0 Å². The second kappa shape index (κ2) is 6.30. The molecule has 0 heterocycles. The van der Waals surface area contributed by atoms with Crippen molar-refractivity contribution in [3.05, 3.63) is 29.8 Å². The van der Waals surface area contributed by atoms with Gasteiger partial charge in [0.15, 0.2) is 0 Å². The van der Waals surface area contributed by atoms with Crippen LogP contribution in [0.1, 0.15) is 5.56 Å². The van der Waals surface area contributed by atoms with E-state index < -0.39 is 0 Å². The SMILES string of the molecule is Cl.N#Cc1ccccc1NCCN. The maximum absolute atomic E-state index is 8.70. The average molecular weight is 198 g/mol. The van der Waals surface area contributed by atoms with E-state index in [1.807, 2.05) is 18.2 Å². The van der Waals surface area contributed by atoms with Gasteiger partial charge in [0.05, 0.1) is 11.3 Å². The number of nitrogens with one attached hydrogen (secondary N) is 1. The van der Waals surface area contributed by atoms with Crippen LogP contribution in [0.5, 0.6) is 0 Å². The van der Waals surface area contributed by atoms with Crippen LogP contribution < -0.4 is 11.1 Å². The summed E-state index contributed by atoms with van der Waals surface area (Å²) >= 11 is 0. The van der Waals surface area contributed by atoms with Crippen LogP contribution in [0.3, 0.4) is 0 Å². The van der Waals surface area contributed by atoms with Gasteiger partial charge < -0.3 is 11.1 Å². The van der Waals surface area contributed by atoms with Crippen molar-refractivity contribution in [3.8, 4) is 6.07 Å². The Bertz CT molecular complexity index is 293. The standard InChI is InChI=1S/C9H11N3.ClH/c10-5-6-12-9-4-2-1-3-8(9)7-11;/h1-4,12H,5-6,10H2;1H. The summed E-state index contributed by atoms with van der Waals surface area (Å²) in [5.41, 5.74) is 6.83. The monoisotopic (exact) mass is 197 g/mol. The molecule has 0 aliphatic heterocycles. The van der Waals surface area contributed by atoms with Gasteiger partial charge in [-0.05, 0) is 12.1 Å². The van der Waals surface area contributed by atoms with Gasteiger partial charge in [0.2, 0.25) is 0 Å². The van der Waals surface area contributed by atoms with Crippen molar-refractivity contribution in [2.45, 2.75) is 0 Å². The first kappa shape index (κ1) is 11.8. The zero-order valence-electron chi connectivity index (χ0n) is 7.16. The maximum atomic E-state index is 8.70. The quantitative estimate of drug-likeness (QED) is 0.769. The van der Waals surface area contributed by atoms with Gasteiger partial charge in [-0.3, -0.25) is 0 Å². The molecule has 3 N–H and O–H groups in total. The van der Waals surface area contributed by atoms with Crippen molar-refractivity contribution in [1.82, 2.24) is 0 Å². The third-order valence-corrected chi connectivity index (χ3v) is 1.51. The zero-order chi connectivity index (χ0) is 8.81. The van der Waals surface area contributed by atoms with Gasteiger partial charge in [-0.25, -0.2) is 0 Å². The molecule has 0 unspecified atom stereocenters. The Labute approximate surface area is 84.0 Å². The lowest BCUT2D eigenvalue weighted by atomic mass is 10.2. The van der Waals surface area contributed by atoms with Crippen LogP contribution in [0.25, 0.3) is 0 Å². The number of nitrogens with zero attached hydrogens (tertiary/aromatic N) is 1. The number of hydrogen-bond acceptors (Lipinski definition) is 3. The second-order valence-electron chi connectivity index (χ2n) is 2.37. The average Bonchev–Trinajstić information content (AvgIpc) is 2.15. The predicted molar refractivity (Wildman–Crippen MR) is 55.9 cm³/mol. The number of para-hydroxylation sites is 1. The van der Waals surface area contributed by atoms with Gasteiger partial charge in [-0.2, -0.15) is 5.26 Å². The highest BCUT2D eigenvalue weighted by Crippen LogP contribution is 2.12. The molecule has 0 atom stereocenters. The fourth-order valence-corrected chi connectivity index (χ4v) is 0.942. The Morgan fingerprint density at radius 2 is 2.08 bits per heavy atom. The van der Waals surface area contributed by atoms with E-state index in [1.54, 1.807) is 6.07 Å². The molecule has 0 aromatic heterocycles. The molecule has 0 amide bonds. The zero-order valence-corrected chi connectivity index (χ0v) is 7.97. The van der Waals surface area contributed by atoms with Gasteiger partial charge in [-0.1, -0.05) is 12.1 Å². The van der Waals surface area contributed by atoms with E-state index in [1.165, 1.54) is 0 Å². The van der Waals surface area contributed by atoms with Crippen LogP contribution in [0.2, 0.25) is 0 Å². The van der Waals surface area contributed by atoms with Crippen molar-refractivity contribution in [2.75, 3.05) is 18.4 Å². The molecule has 70 valence electrons. The van der Waals surface area contributed by atoms with E-state index in [-0.39, 0.29) is 12.4 Å². The van der Waals surface area contributed by atoms with Crippen molar-refractivity contribution in [2.24, 2.45) is 5.73 Å². The number of hydrogen-bond donors (Lipinski definition) is 2. The van der Waals surface area contributed by atoms with Gasteiger partial charge in [-0.15, -0.1) is 12.4 Å². The van der Waals surface area contributed by atoms with Crippen LogP contribution in [0.15, 0.2) is 24.3 Å². The molecule has 13 heavy (non-hydrogen) atoms. The Morgan fingerprint density at radius 1 is 1.38 bits per heavy atom. The lowest BCUT2D eigenvalue weighted by Crippen LogP contribution is -2.13. The van der Waals surface area contributed by atoms with Crippen molar-refractivity contribution in [3.63, 3.8) is 0 Å². The van der Waals surface area contributed by atoms with Crippen LogP contribution in [-0.2, 0) is 0 Å². The molecule has 0 bridgehead atoms. The molecular weight excluding hydrogens is 186 g/mol. The number of nitriles is 1. The lowest BCUT2D eigenvalue weighted by molar-refractivity contribution is 1.02. The van der Waals surface area contributed by atoms with Crippen LogP contribution in [-0.4, -0.2) is 13.1 Å². The molecule has 1 rings (SSSR count). The smallest absolute Gasteiger partial charge is 0.101 e. The minimum atomic E-state index is 0. The first-order valence-corrected chi connectivity index (χ1v) is 3.81. The van der Waals surface area contributed by atoms with Gasteiger partial charge in [0.1, 0.15) is 6.07 Å². The van der Waals surface area contributed by atoms with Crippen molar-refractivity contribution in [1.29, 1.82) is 5.26 Å². The lowest BCUT2D eigenvalue weighted by Gasteiger charge is -2.04. The van der Waals surface area contributed by atoms with E-state index >= 15 is 0 Å². The highest BCUT2D eigenvalue weighted by Gasteiger charge is 1.96. The summed E-state index contributed by atoms with van der Waals surface area (Å²) in [6, 6.07) is 9.48. The largest absolute Gasteiger partial charge is 0.383 e. The summed E-state index contributed by atoms with van der Waals surface area (Å²) in [6.45, 7) is 1.26. The third-order valence-electron chi connectivity index (χ3n) is 1.51. The van der Waals surface area contributed by atoms with E-state index in [9.17, 15) is 0 Å². The number of rotatable bonds is 3. The summed E-state index contributed by atoms with van der Waals surface area (Å²) < 4.78 is 0. The van der Waals surface area contributed by atoms with Gasteiger partial charge >= 0.3 is 0 Å². The van der Waals surface area contributed by atoms with E-state index in [2.05, 4.69) is 11.4 Å². The molecule has 0 fully saturated rings. The molecule has 0 saturated heterocycles. The molecule has 0 aliphatic carbocycles. The van der Waals surface area contributed by atoms with Crippen LogP contribution in [0.4, 0.5) is 5.69 Å². The Balaban J connectivity index is 0.00000144. The predicted octanol–water partition coefficient (Wildman–Crippen LogP) is 1.35. The van der Waals surface area contributed by atoms with E-state index in [4.69, 9.17) is 11.0 Å². The summed E-state index contributed by atoms with van der Waals surface area (Å²) in [5.74, 6) is 0. The molecule has 1 aromatic rings. The first-order valence-electron chi connectivity index (χ1n) is 3.81. The highest BCUT2D eigenvalue weighted by molar-refractivity contribution is 5.85. The number of benzene rings is 1. The first-order chi connectivity index (χ1) is 5.88. The van der Waals surface area contributed by atoms with Crippen LogP contribution >= 0.6 is 12.4 Å². The number of anilines is 1. The van der Waals surface area contributed by atoms with Gasteiger partial charge in [0, 0.05) is 13.1 Å². The number of nitrogens with two attached hydrogens (primary N) is 1. The summed E-state index contributed by atoms with van der Waals surface area (Å²) in [5, 5.41) is 11.8. The fourth-order valence-electron chi connectivity index (χ4n) is 0.942. The number of halogens is 1. The molecule has 0 saturated carbocycles. The normalized spacial score (nSPS) is 8.31.